The van der Waals surface area contributed by atoms with Gasteiger partial charge in [-0.1, -0.05) is 42.5 Å². The second-order valence-electron chi connectivity index (χ2n) is 9.78. The highest BCUT2D eigenvalue weighted by Crippen LogP contribution is 2.34. The standard InChI is InChI=1S/C28H36N6O/c1-20(27-23(15-17-30-27)22-10-4-3-5-11-22)33-18-9-8-14-26(33)32-28-31-24-12-6-7-13-25(24)34(28)21(2)35-19-16-29/h3-7,10-13,20-21,23,26-27,30H,8-9,14-15,17-19H2,1-2H3,(H,31,32). The summed E-state index contributed by atoms with van der Waals surface area (Å²) in [5.41, 5.74) is 3.37. The minimum Gasteiger partial charge on any atom is -0.343 e. The van der Waals surface area contributed by atoms with Gasteiger partial charge >= 0.3 is 0 Å². The van der Waals surface area contributed by atoms with E-state index in [9.17, 15) is 0 Å². The van der Waals surface area contributed by atoms with E-state index < -0.39 is 0 Å². The minimum atomic E-state index is -0.294. The fourth-order valence-electron chi connectivity index (χ4n) is 6.01. The zero-order chi connectivity index (χ0) is 24.2. The fraction of sp³-hybridized carbons (Fsp3) is 0.500. The molecule has 0 bridgehead atoms. The van der Waals surface area contributed by atoms with Gasteiger partial charge in [-0.15, -0.1) is 0 Å². The lowest BCUT2D eigenvalue weighted by Gasteiger charge is -2.43. The van der Waals surface area contributed by atoms with Crippen LogP contribution in [0.5, 0.6) is 0 Å². The molecule has 0 amide bonds. The molecule has 2 aliphatic heterocycles. The Bertz CT molecular complexity index is 1160. The molecular formula is C28H36N6O. The van der Waals surface area contributed by atoms with Crippen molar-refractivity contribution in [2.24, 2.45) is 0 Å². The van der Waals surface area contributed by atoms with E-state index in [1.165, 1.54) is 24.8 Å². The van der Waals surface area contributed by atoms with Crippen molar-refractivity contribution < 1.29 is 4.74 Å². The first kappa shape index (κ1) is 23.8. The highest BCUT2D eigenvalue weighted by atomic mass is 16.5. The number of nitrogens with one attached hydrogen (secondary N) is 2. The van der Waals surface area contributed by atoms with E-state index in [0.29, 0.717) is 18.0 Å². The number of ether oxygens (including phenoxy) is 1. The van der Waals surface area contributed by atoms with Crippen molar-refractivity contribution in [3.63, 3.8) is 0 Å². The fourth-order valence-corrected chi connectivity index (χ4v) is 6.01. The van der Waals surface area contributed by atoms with E-state index in [-0.39, 0.29) is 19.0 Å². The first-order chi connectivity index (χ1) is 17.2. The molecule has 7 nitrogen and oxygen atoms in total. The van der Waals surface area contributed by atoms with E-state index in [4.69, 9.17) is 15.0 Å². The molecule has 0 spiro atoms. The van der Waals surface area contributed by atoms with Crippen LogP contribution in [-0.2, 0) is 4.74 Å². The van der Waals surface area contributed by atoms with Crippen molar-refractivity contribution in [3.05, 3.63) is 60.2 Å². The summed E-state index contributed by atoms with van der Waals surface area (Å²) < 4.78 is 7.88. The van der Waals surface area contributed by atoms with E-state index in [1.54, 1.807) is 0 Å². The predicted octanol–water partition coefficient (Wildman–Crippen LogP) is 4.85. The average Bonchev–Trinajstić information content (AvgIpc) is 3.53. The van der Waals surface area contributed by atoms with Gasteiger partial charge in [0.2, 0.25) is 5.95 Å². The molecule has 2 aliphatic rings. The third-order valence-corrected chi connectivity index (χ3v) is 7.73. The van der Waals surface area contributed by atoms with Crippen LogP contribution in [0.3, 0.4) is 0 Å². The first-order valence-electron chi connectivity index (χ1n) is 12.9. The maximum Gasteiger partial charge on any atom is 0.207 e. The first-order valence-corrected chi connectivity index (χ1v) is 12.9. The van der Waals surface area contributed by atoms with Gasteiger partial charge in [0.25, 0.3) is 0 Å². The summed E-state index contributed by atoms with van der Waals surface area (Å²) in [5.74, 6) is 1.33. The number of fused-ring (bicyclic) bond motifs is 1. The highest BCUT2D eigenvalue weighted by Gasteiger charge is 2.38. The number of nitrogens with zero attached hydrogens (tertiary/aromatic N) is 4. The monoisotopic (exact) mass is 472 g/mol. The Morgan fingerprint density at radius 3 is 2.74 bits per heavy atom. The van der Waals surface area contributed by atoms with Gasteiger partial charge in [-0.25, -0.2) is 4.98 Å². The third kappa shape index (κ3) is 4.92. The van der Waals surface area contributed by atoms with Crippen LogP contribution in [-0.4, -0.2) is 52.4 Å². The van der Waals surface area contributed by atoms with Crippen LogP contribution in [0, 0.1) is 11.3 Å². The van der Waals surface area contributed by atoms with Gasteiger partial charge in [-0.2, -0.15) is 5.26 Å². The van der Waals surface area contributed by atoms with E-state index in [2.05, 4.69) is 69.5 Å². The van der Waals surface area contributed by atoms with Gasteiger partial charge < -0.3 is 15.4 Å². The van der Waals surface area contributed by atoms with Crippen LogP contribution < -0.4 is 10.6 Å². The number of benzene rings is 2. The van der Waals surface area contributed by atoms with Crippen molar-refractivity contribution in [2.75, 3.05) is 25.0 Å². The Labute approximate surface area is 208 Å². The van der Waals surface area contributed by atoms with Crippen LogP contribution >= 0.6 is 0 Å². The number of anilines is 1. The summed E-state index contributed by atoms with van der Waals surface area (Å²) in [7, 11) is 0. The van der Waals surface area contributed by atoms with E-state index >= 15 is 0 Å². The Morgan fingerprint density at radius 2 is 1.91 bits per heavy atom. The lowest BCUT2D eigenvalue weighted by atomic mass is 9.87. The SMILES string of the molecule is CC(C1NCCC1c1ccccc1)N1CCCCC1Nc1nc2ccccc2n1C(C)OCC#N. The molecule has 2 saturated heterocycles. The molecule has 2 N–H and O–H groups in total. The smallest absolute Gasteiger partial charge is 0.207 e. The minimum absolute atomic E-state index is 0.0495. The highest BCUT2D eigenvalue weighted by molar-refractivity contribution is 5.78. The van der Waals surface area contributed by atoms with Crippen molar-refractivity contribution in [3.8, 4) is 6.07 Å². The lowest BCUT2D eigenvalue weighted by molar-refractivity contribution is 0.0409. The van der Waals surface area contributed by atoms with Crippen molar-refractivity contribution in [2.45, 2.75) is 69.9 Å². The summed E-state index contributed by atoms with van der Waals surface area (Å²) in [4.78, 5) is 7.57. The van der Waals surface area contributed by atoms with E-state index in [0.717, 1.165) is 36.5 Å². The topological polar surface area (TPSA) is 78.1 Å². The normalized spacial score (nSPS) is 24.8. The molecule has 5 unspecified atom stereocenters. The Hall–Kier alpha value is -2.92. The molecule has 1 aromatic heterocycles. The Balaban J connectivity index is 1.40. The molecule has 3 heterocycles. The molecular weight excluding hydrogens is 436 g/mol. The van der Waals surface area contributed by atoms with Gasteiger partial charge in [-0.05, 0) is 63.8 Å². The second kappa shape index (κ2) is 10.8. The predicted molar refractivity (Wildman–Crippen MR) is 139 cm³/mol. The quantitative estimate of drug-likeness (QED) is 0.488. The number of aromatic nitrogens is 2. The Morgan fingerprint density at radius 1 is 1.11 bits per heavy atom. The zero-order valence-electron chi connectivity index (χ0n) is 20.7. The number of hydrogen-bond donors (Lipinski definition) is 2. The number of hydrogen-bond acceptors (Lipinski definition) is 6. The van der Waals surface area contributed by atoms with Crippen LogP contribution in [0.1, 0.15) is 57.2 Å². The van der Waals surface area contributed by atoms with Crippen LogP contribution in [0.25, 0.3) is 11.0 Å². The number of nitriles is 1. The number of para-hydroxylation sites is 2. The molecule has 184 valence electrons. The maximum atomic E-state index is 9.03. The molecule has 0 aliphatic carbocycles. The summed E-state index contributed by atoms with van der Waals surface area (Å²) in [5, 5.41) is 16.6. The molecule has 7 heteroatoms. The number of rotatable bonds is 8. The number of piperidine rings is 1. The molecule has 0 radical (unpaired) electrons. The summed E-state index contributed by atoms with van der Waals surface area (Å²) >= 11 is 0. The van der Waals surface area contributed by atoms with Crippen LogP contribution in [0.15, 0.2) is 54.6 Å². The molecule has 35 heavy (non-hydrogen) atoms. The molecule has 2 fully saturated rings. The largest absolute Gasteiger partial charge is 0.343 e. The van der Waals surface area contributed by atoms with Gasteiger partial charge in [0.1, 0.15) is 12.8 Å². The van der Waals surface area contributed by atoms with Gasteiger partial charge in [0.15, 0.2) is 0 Å². The summed E-state index contributed by atoms with van der Waals surface area (Å²) in [6, 6.07) is 22.0. The summed E-state index contributed by atoms with van der Waals surface area (Å²) in [6.45, 7) is 6.53. The lowest BCUT2D eigenvalue weighted by Crippen LogP contribution is -2.56. The maximum absolute atomic E-state index is 9.03. The van der Waals surface area contributed by atoms with Gasteiger partial charge in [-0.3, -0.25) is 9.47 Å². The van der Waals surface area contributed by atoms with Gasteiger partial charge in [0.05, 0.1) is 23.3 Å². The number of imidazole rings is 1. The third-order valence-electron chi connectivity index (χ3n) is 7.73. The second-order valence-corrected chi connectivity index (χ2v) is 9.78. The average molecular weight is 473 g/mol. The molecule has 0 saturated carbocycles. The van der Waals surface area contributed by atoms with Gasteiger partial charge in [0, 0.05) is 24.5 Å². The van der Waals surface area contributed by atoms with Crippen molar-refractivity contribution >= 4 is 17.0 Å². The molecule has 3 aromatic rings. The molecule has 5 atom stereocenters. The van der Waals surface area contributed by atoms with Crippen molar-refractivity contribution in [1.82, 2.24) is 19.8 Å². The summed E-state index contributed by atoms with van der Waals surface area (Å²) in [6.07, 6.45) is 4.55. The number of likely N-dealkylation sites (tertiary alicyclic amines) is 1. The Kier molecular flexibility index (Phi) is 7.33. The van der Waals surface area contributed by atoms with Crippen LogP contribution in [0.4, 0.5) is 5.95 Å². The van der Waals surface area contributed by atoms with Crippen molar-refractivity contribution in [1.29, 1.82) is 5.26 Å². The molecule has 5 rings (SSSR count). The van der Waals surface area contributed by atoms with Crippen LogP contribution in [0.2, 0.25) is 0 Å². The molecule has 2 aromatic carbocycles. The van der Waals surface area contributed by atoms with E-state index in [1.807, 2.05) is 25.1 Å². The zero-order valence-corrected chi connectivity index (χ0v) is 20.7.